The van der Waals surface area contributed by atoms with Gasteiger partial charge in [-0.15, -0.1) is 0 Å². The molecule has 0 aromatic carbocycles. The van der Waals surface area contributed by atoms with Crippen molar-refractivity contribution in [3.63, 3.8) is 0 Å². The summed E-state index contributed by atoms with van der Waals surface area (Å²) < 4.78 is 0. The summed E-state index contributed by atoms with van der Waals surface area (Å²) in [5.74, 6) is 1.48. The summed E-state index contributed by atoms with van der Waals surface area (Å²) >= 11 is 0. The minimum atomic E-state index is -0.581. The van der Waals surface area contributed by atoms with E-state index in [1.165, 1.54) is 19.3 Å². The summed E-state index contributed by atoms with van der Waals surface area (Å²) in [6.07, 6.45) is 8.74. The van der Waals surface area contributed by atoms with E-state index in [1.54, 1.807) is 0 Å². The summed E-state index contributed by atoms with van der Waals surface area (Å²) in [4.78, 5) is 12.4. The predicted octanol–water partition coefficient (Wildman–Crippen LogP) is 2.59. The molecule has 1 amide bonds. The Labute approximate surface area is 111 Å². The number of carbonyl (C=O) groups excluding carboxylic acids is 1. The van der Waals surface area contributed by atoms with Crippen molar-refractivity contribution in [1.82, 2.24) is 5.32 Å². The van der Waals surface area contributed by atoms with Gasteiger partial charge in [0.1, 0.15) is 0 Å². The zero-order chi connectivity index (χ0) is 13.2. The Morgan fingerprint density at radius 3 is 2.50 bits per heavy atom. The van der Waals surface area contributed by atoms with Gasteiger partial charge in [0.05, 0.1) is 5.54 Å². The summed E-state index contributed by atoms with van der Waals surface area (Å²) in [6, 6.07) is 0.352. The lowest BCUT2D eigenvalue weighted by atomic mass is 9.81. The minimum absolute atomic E-state index is 0.107. The van der Waals surface area contributed by atoms with Gasteiger partial charge in [-0.25, -0.2) is 0 Å². The van der Waals surface area contributed by atoms with Crippen LogP contribution in [-0.4, -0.2) is 17.5 Å². The molecule has 2 fully saturated rings. The van der Waals surface area contributed by atoms with Crippen molar-refractivity contribution >= 4 is 5.91 Å². The van der Waals surface area contributed by atoms with Crippen LogP contribution in [0.2, 0.25) is 0 Å². The molecule has 0 aromatic heterocycles. The molecule has 0 bridgehead atoms. The number of nitrogens with one attached hydrogen (secondary N) is 1. The number of rotatable bonds is 3. The molecule has 18 heavy (non-hydrogen) atoms. The molecule has 0 spiro atoms. The zero-order valence-corrected chi connectivity index (χ0v) is 11.9. The van der Waals surface area contributed by atoms with E-state index in [9.17, 15) is 4.79 Å². The van der Waals surface area contributed by atoms with Gasteiger partial charge in [0.15, 0.2) is 0 Å². The molecule has 3 unspecified atom stereocenters. The van der Waals surface area contributed by atoms with Crippen LogP contribution < -0.4 is 11.1 Å². The van der Waals surface area contributed by atoms with Crippen LogP contribution >= 0.6 is 0 Å². The van der Waals surface area contributed by atoms with Crippen molar-refractivity contribution in [2.75, 3.05) is 0 Å². The van der Waals surface area contributed by atoms with Gasteiger partial charge < -0.3 is 11.1 Å². The van der Waals surface area contributed by atoms with Crippen LogP contribution in [-0.2, 0) is 4.79 Å². The lowest BCUT2D eigenvalue weighted by Crippen LogP contribution is -2.57. The van der Waals surface area contributed by atoms with Crippen molar-refractivity contribution in [1.29, 1.82) is 0 Å². The number of nitrogens with two attached hydrogens (primary N) is 1. The Kier molecular flexibility index (Phi) is 4.31. The quantitative estimate of drug-likeness (QED) is 0.811. The first-order valence-corrected chi connectivity index (χ1v) is 7.66. The van der Waals surface area contributed by atoms with Gasteiger partial charge in [-0.05, 0) is 37.5 Å². The highest BCUT2D eigenvalue weighted by Gasteiger charge is 2.39. The normalized spacial score (nSPS) is 35.4. The van der Waals surface area contributed by atoms with Gasteiger partial charge in [0.2, 0.25) is 5.91 Å². The van der Waals surface area contributed by atoms with E-state index in [-0.39, 0.29) is 5.91 Å². The highest BCUT2D eigenvalue weighted by Crippen LogP contribution is 2.34. The summed E-state index contributed by atoms with van der Waals surface area (Å²) in [7, 11) is 0. The number of hydrogen-bond acceptors (Lipinski definition) is 2. The molecular weight excluding hydrogens is 224 g/mol. The van der Waals surface area contributed by atoms with Crippen molar-refractivity contribution < 1.29 is 4.79 Å². The van der Waals surface area contributed by atoms with E-state index >= 15 is 0 Å². The van der Waals surface area contributed by atoms with Gasteiger partial charge >= 0.3 is 0 Å². The topological polar surface area (TPSA) is 55.1 Å². The monoisotopic (exact) mass is 252 g/mol. The summed E-state index contributed by atoms with van der Waals surface area (Å²) in [5, 5.41) is 3.24. The average Bonchev–Trinajstić information content (AvgIpc) is 2.71. The minimum Gasteiger partial charge on any atom is -0.351 e. The maximum atomic E-state index is 12.4. The highest BCUT2D eigenvalue weighted by molar-refractivity contribution is 5.86. The van der Waals surface area contributed by atoms with E-state index < -0.39 is 5.54 Å². The van der Waals surface area contributed by atoms with E-state index in [1.807, 2.05) is 0 Å². The molecule has 2 saturated carbocycles. The van der Waals surface area contributed by atoms with Crippen molar-refractivity contribution in [3.05, 3.63) is 0 Å². The highest BCUT2D eigenvalue weighted by atomic mass is 16.2. The van der Waals surface area contributed by atoms with Gasteiger partial charge in [-0.3, -0.25) is 4.79 Å². The second-order valence-corrected chi connectivity index (χ2v) is 6.40. The third-order valence-electron chi connectivity index (χ3n) is 5.27. The predicted molar refractivity (Wildman–Crippen MR) is 74.1 cm³/mol. The van der Waals surface area contributed by atoms with Crippen LogP contribution in [0.3, 0.4) is 0 Å². The molecule has 3 heteroatoms. The van der Waals surface area contributed by atoms with Gasteiger partial charge in [-0.2, -0.15) is 0 Å². The van der Waals surface area contributed by atoms with Gasteiger partial charge in [0.25, 0.3) is 0 Å². The van der Waals surface area contributed by atoms with Crippen LogP contribution in [0, 0.1) is 11.8 Å². The lowest BCUT2D eigenvalue weighted by Gasteiger charge is -2.34. The van der Waals surface area contributed by atoms with Gasteiger partial charge in [0, 0.05) is 6.04 Å². The van der Waals surface area contributed by atoms with Gasteiger partial charge in [-0.1, -0.05) is 39.5 Å². The SMILES string of the molecule is CCC1CCC(NC(=O)C2(N)CCCCC2)C1C. The molecule has 2 aliphatic carbocycles. The maximum absolute atomic E-state index is 12.4. The number of carbonyl (C=O) groups is 1. The molecule has 0 heterocycles. The smallest absolute Gasteiger partial charge is 0.240 e. The number of hydrogen-bond donors (Lipinski definition) is 2. The molecule has 0 saturated heterocycles. The summed E-state index contributed by atoms with van der Waals surface area (Å²) in [5.41, 5.74) is 5.70. The van der Waals surface area contributed by atoms with Crippen LogP contribution in [0.1, 0.15) is 65.2 Å². The van der Waals surface area contributed by atoms with Crippen molar-refractivity contribution in [2.45, 2.75) is 76.8 Å². The molecule has 3 N–H and O–H groups in total. The first-order chi connectivity index (χ1) is 8.57. The fourth-order valence-corrected chi connectivity index (χ4v) is 3.75. The molecule has 2 aliphatic rings. The first-order valence-electron chi connectivity index (χ1n) is 7.66. The molecule has 3 nitrogen and oxygen atoms in total. The fourth-order valence-electron chi connectivity index (χ4n) is 3.75. The van der Waals surface area contributed by atoms with Crippen LogP contribution in [0.25, 0.3) is 0 Å². The maximum Gasteiger partial charge on any atom is 0.240 e. The second kappa shape index (κ2) is 5.60. The van der Waals surface area contributed by atoms with Crippen LogP contribution in [0.5, 0.6) is 0 Å². The molecule has 0 aliphatic heterocycles. The third kappa shape index (κ3) is 2.71. The molecule has 2 rings (SSSR count). The second-order valence-electron chi connectivity index (χ2n) is 6.40. The lowest BCUT2D eigenvalue weighted by molar-refractivity contribution is -0.128. The molecule has 0 radical (unpaired) electrons. The molecule has 0 aromatic rings. The van der Waals surface area contributed by atoms with E-state index in [4.69, 9.17) is 5.73 Å². The number of amides is 1. The molecular formula is C15H28N2O. The Hall–Kier alpha value is -0.570. The Morgan fingerprint density at radius 2 is 1.94 bits per heavy atom. The Balaban J connectivity index is 1.91. The zero-order valence-electron chi connectivity index (χ0n) is 11.9. The van der Waals surface area contributed by atoms with Crippen LogP contribution in [0.4, 0.5) is 0 Å². The Morgan fingerprint density at radius 1 is 1.28 bits per heavy atom. The average molecular weight is 252 g/mol. The standard InChI is InChI=1S/C15H28N2O/c1-3-12-7-8-13(11(12)2)17-14(18)15(16)9-5-4-6-10-15/h11-13H,3-10,16H2,1-2H3,(H,17,18). The van der Waals surface area contributed by atoms with Crippen molar-refractivity contribution in [3.8, 4) is 0 Å². The van der Waals surface area contributed by atoms with E-state index in [2.05, 4.69) is 19.2 Å². The molecule has 3 atom stereocenters. The largest absolute Gasteiger partial charge is 0.351 e. The van der Waals surface area contributed by atoms with Crippen LogP contribution in [0.15, 0.2) is 0 Å². The summed E-state index contributed by atoms with van der Waals surface area (Å²) in [6.45, 7) is 4.52. The fraction of sp³-hybridized carbons (Fsp3) is 0.933. The third-order valence-corrected chi connectivity index (χ3v) is 5.27. The first kappa shape index (κ1) is 13.9. The van der Waals surface area contributed by atoms with E-state index in [0.29, 0.717) is 12.0 Å². The van der Waals surface area contributed by atoms with Crippen molar-refractivity contribution in [2.24, 2.45) is 17.6 Å². The Bertz CT molecular complexity index is 297. The van der Waals surface area contributed by atoms with E-state index in [0.717, 1.165) is 38.0 Å². The molecule has 104 valence electrons.